The second kappa shape index (κ2) is 5.01. The number of rotatable bonds is 0. The van der Waals surface area contributed by atoms with Crippen LogP contribution in [-0.4, -0.2) is 17.8 Å². The Morgan fingerprint density at radius 2 is 1.79 bits per heavy atom. The van der Waals surface area contributed by atoms with Gasteiger partial charge >= 0.3 is 12.9 Å². The fourth-order valence-corrected chi connectivity index (χ4v) is 4.97. The number of fused-ring (bicyclic) bond motifs is 6. The number of benzene rings is 2. The molecule has 3 aromatic rings. The molecule has 2 aromatic carbocycles. The van der Waals surface area contributed by atoms with Crippen LogP contribution in [-0.2, 0) is 6.42 Å². The van der Waals surface area contributed by atoms with Crippen molar-refractivity contribution in [1.29, 1.82) is 0 Å². The van der Waals surface area contributed by atoms with Crippen LogP contribution in [0.2, 0.25) is 0 Å². The molecule has 4 aliphatic rings. The van der Waals surface area contributed by atoms with Crippen molar-refractivity contribution in [2.24, 2.45) is 4.99 Å². The van der Waals surface area contributed by atoms with Gasteiger partial charge < -0.3 is 4.81 Å². The van der Waals surface area contributed by atoms with E-state index in [9.17, 15) is 0 Å². The summed E-state index contributed by atoms with van der Waals surface area (Å²) < 4.78 is 2.28. The first kappa shape index (κ1) is 14.5. The van der Waals surface area contributed by atoms with E-state index in [1.807, 2.05) is 0 Å². The molecule has 0 amide bonds. The average Bonchev–Trinajstić information content (AvgIpc) is 2.75. The van der Waals surface area contributed by atoms with Gasteiger partial charge in [0.25, 0.3) is 0 Å². The van der Waals surface area contributed by atoms with E-state index < -0.39 is 0 Å². The van der Waals surface area contributed by atoms with Crippen LogP contribution in [0.3, 0.4) is 0 Å². The number of aromatic nitrogens is 1. The Labute approximate surface area is 163 Å². The number of pyridine rings is 1. The van der Waals surface area contributed by atoms with Gasteiger partial charge in [-0.15, -0.1) is 0 Å². The van der Waals surface area contributed by atoms with Crippen LogP contribution in [0.15, 0.2) is 90.1 Å². The molecule has 0 aliphatic carbocycles. The van der Waals surface area contributed by atoms with E-state index in [0.29, 0.717) is 0 Å². The lowest BCUT2D eigenvalue weighted by molar-refractivity contribution is -0.531. The van der Waals surface area contributed by atoms with Crippen LogP contribution in [0.1, 0.15) is 16.7 Å². The summed E-state index contributed by atoms with van der Waals surface area (Å²) in [6.45, 7) is 0. The van der Waals surface area contributed by atoms with Crippen molar-refractivity contribution in [3.8, 4) is 0 Å². The Bertz CT molecular complexity index is 1270. The first-order chi connectivity index (χ1) is 13.9. The van der Waals surface area contributed by atoms with Crippen LogP contribution in [0, 0.1) is 0 Å². The quantitative estimate of drug-likeness (QED) is 0.570. The van der Waals surface area contributed by atoms with Crippen LogP contribution in [0.5, 0.6) is 0 Å². The van der Waals surface area contributed by atoms with E-state index in [0.717, 1.165) is 18.1 Å². The van der Waals surface area contributed by atoms with E-state index in [2.05, 4.69) is 99.2 Å². The van der Waals surface area contributed by atoms with Gasteiger partial charge in [0.05, 0.1) is 6.20 Å². The zero-order valence-corrected chi connectivity index (χ0v) is 15.2. The minimum atomic E-state index is -0.00463. The van der Waals surface area contributed by atoms with Crippen molar-refractivity contribution in [3.05, 3.63) is 102 Å². The van der Waals surface area contributed by atoms with Gasteiger partial charge in [0.2, 0.25) is 5.84 Å². The van der Waals surface area contributed by atoms with Crippen LogP contribution < -0.4 is 9.29 Å². The molecule has 4 aliphatic heterocycles. The lowest BCUT2D eigenvalue weighted by atomic mass is 9.72. The van der Waals surface area contributed by atoms with Gasteiger partial charge in [0.1, 0.15) is 0 Å². The van der Waals surface area contributed by atoms with E-state index in [1.54, 1.807) is 0 Å². The van der Waals surface area contributed by atoms with Crippen molar-refractivity contribution in [1.82, 2.24) is 4.81 Å². The molecular formula is C23H16BN4+. The summed E-state index contributed by atoms with van der Waals surface area (Å²) in [6.07, 6.45) is 9.55. The van der Waals surface area contributed by atoms with Crippen molar-refractivity contribution < 1.29 is 4.48 Å². The molecule has 28 heavy (non-hydrogen) atoms. The van der Waals surface area contributed by atoms with Gasteiger partial charge in [0.15, 0.2) is 0 Å². The fourth-order valence-electron chi connectivity index (χ4n) is 4.97. The highest BCUT2D eigenvalue weighted by Crippen LogP contribution is 2.48. The van der Waals surface area contributed by atoms with Gasteiger partial charge in [-0.1, -0.05) is 48.5 Å². The highest BCUT2D eigenvalue weighted by atomic mass is 15.4. The molecule has 0 saturated heterocycles. The van der Waals surface area contributed by atoms with Gasteiger partial charge in [-0.05, 0) is 34.3 Å². The number of hydrogen-bond acceptors (Lipinski definition) is 3. The molecule has 0 unspecified atom stereocenters. The van der Waals surface area contributed by atoms with Crippen molar-refractivity contribution >= 4 is 35.8 Å². The lowest BCUT2D eigenvalue weighted by Crippen LogP contribution is -2.74. The average molecular weight is 359 g/mol. The fraction of sp³-hybridized carbons (Fsp3) is 0.0435. The van der Waals surface area contributed by atoms with E-state index in [4.69, 9.17) is 4.99 Å². The second-order valence-electron chi connectivity index (χ2n) is 7.55. The minimum absolute atomic E-state index is 0.00463. The maximum atomic E-state index is 4.94. The predicted octanol–water partition coefficient (Wildman–Crippen LogP) is 3.82. The molecule has 0 spiro atoms. The van der Waals surface area contributed by atoms with E-state index >= 15 is 0 Å². The summed E-state index contributed by atoms with van der Waals surface area (Å²) in [7, 11) is -0.00463. The number of hydrogen-bond donors (Lipinski definition) is 0. The Hall–Kier alpha value is -3.60. The predicted molar refractivity (Wildman–Crippen MR) is 112 cm³/mol. The molecule has 7 rings (SSSR count). The number of allylic oxidation sites excluding steroid dienone is 2. The molecular weight excluding hydrogens is 343 g/mol. The third-order valence-electron chi connectivity index (χ3n) is 6.08. The first-order valence-corrected chi connectivity index (χ1v) is 9.66. The lowest BCUT2D eigenvalue weighted by Gasteiger charge is -2.46. The maximum absolute atomic E-state index is 4.94. The summed E-state index contributed by atoms with van der Waals surface area (Å²) in [5, 5.41) is 0. The summed E-state index contributed by atoms with van der Waals surface area (Å²) in [5.41, 5.74) is 7.86. The molecule has 0 fully saturated rings. The molecule has 0 bridgehead atoms. The second-order valence-corrected chi connectivity index (χ2v) is 7.55. The smallest absolute Gasteiger partial charge is 0.321 e. The molecule has 0 atom stereocenters. The van der Waals surface area contributed by atoms with Gasteiger partial charge in [-0.2, -0.15) is 0 Å². The third-order valence-corrected chi connectivity index (χ3v) is 6.08. The zero-order valence-electron chi connectivity index (χ0n) is 15.2. The van der Waals surface area contributed by atoms with Crippen molar-refractivity contribution in [2.45, 2.75) is 6.42 Å². The molecule has 0 N–H and O–H groups in total. The Kier molecular flexibility index (Phi) is 2.59. The Morgan fingerprint density at radius 1 is 0.893 bits per heavy atom. The zero-order chi connectivity index (χ0) is 18.2. The molecule has 4 nitrogen and oxygen atoms in total. The van der Waals surface area contributed by atoms with Gasteiger partial charge in [-0.3, -0.25) is 9.29 Å². The number of para-hydroxylation sites is 2. The van der Waals surface area contributed by atoms with E-state index in [-0.39, 0.29) is 7.12 Å². The maximum Gasteiger partial charge on any atom is 0.646 e. The standard InChI is InChI=1S/C23H16BN4/c1-2-10-19-16(7-1)15-17-8-5-9-18-20-11-6-13-22-25-21-12-3-4-14-26(21)24(27(20)22)28(19)23(17)18/h1-14H,15H2/q+1. The van der Waals surface area contributed by atoms with Crippen molar-refractivity contribution in [3.63, 3.8) is 0 Å². The molecule has 5 heterocycles. The number of aliphatic imine (C=N–C) groups is 1. The van der Waals surface area contributed by atoms with Crippen LogP contribution in [0.25, 0.3) is 5.70 Å². The van der Waals surface area contributed by atoms with Crippen LogP contribution >= 0.6 is 0 Å². The van der Waals surface area contributed by atoms with Gasteiger partial charge in [0, 0.05) is 41.2 Å². The third kappa shape index (κ3) is 1.67. The number of nitrogens with zero attached hydrogens (tertiary/aromatic N) is 4. The number of amidine groups is 1. The molecule has 1 aromatic heterocycles. The summed E-state index contributed by atoms with van der Waals surface area (Å²) in [4.78, 5) is 9.80. The molecule has 130 valence electrons. The van der Waals surface area contributed by atoms with Gasteiger partial charge in [-0.25, -0.2) is 0 Å². The molecule has 0 radical (unpaired) electrons. The monoisotopic (exact) mass is 359 g/mol. The summed E-state index contributed by atoms with van der Waals surface area (Å²) in [5.74, 6) is 1.97. The molecule has 0 saturated carbocycles. The first-order valence-electron chi connectivity index (χ1n) is 9.66. The minimum Gasteiger partial charge on any atom is -0.321 e. The highest BCUT2D eigenvalue weighted by Gasteiger charge is 2.55. The SMILES string of the molecule is C1=CC2=Nc3cccc[n+]3B3N2C(=C1)c1cccc2c1N3c1ccccc1C2. The molecule has 5 heteroatoms. The van der Waals surface area contributed by atoms with Crippen molar-refractivity contribution in [2.75, 3.05) is 4.81 Å². The van der Waals surface area contributed by atoms with Crippen LogP contribution in [0.4, 0.5) is 17.2 Å². The number of anilines is 2. The summed E-state index contributed by atoms with van der Waals surface area (Å²) >= 11 is 0. The largest absolute Gasteiger partial charge is 0.646 e. The Morgan fingerprint density at radius 3 is 2.79 bits per heavy atom. The Balaban J connectivity index is 1.62. The highest BCUT2D eigenvalue weighted by molar-refractivity contribution is 6.61. The normalized spacial score (nSPS) is 17.2. The summed E-state index contributed by atoms with van der Waals surface area (Å²) in [6, 6.07) is 21.7. The van der Waals surface area contributed by atoms with E-state index in [1.165, 1.54) is 33.8 Å². The topological polar surface area (TPSA) is 22.7 Å².